The number of nitrogens with one attached hydrogen (secondary N) is 1. The Kier molecular flexibility index (Phi) is 6.01. The number of hydrogen-bond acceptors (Lipinski definition) is 4. The highest BCUT2D eigenvalue weighted by atomic mass is 35.5. The molecule has 7 heteroatoms. The number of amides is 1. The Bertz CT molecular complexity index is 1280. The summed E-state index contributed by atoms with van der Waals surface area (Å²) in [5.74, 6) is 1.12. The lowest BCUT2D eigenvalue weighted by Crippen LogP contribution is -2.41. The van der Waals surface area contributed by atoms with Crippen molar-refractivity contribution in [2.24, 2.45) is 5.92 Å². The zero-order valence-corrected chi connectivity index (χ0v) is 19.3. The molecule has 0 radical (unpaired) electrons. The molecule has 2 aromatic carbocycles. The van der Waals surface area contributed by atoms with E-state index < -0.39 is 0 Å². The van der Waals surface area contributed by atoms with E-state index in [-0.39, 0.29) is 11.8 Å². The number of carbonyl (C=O) groups is 1. The average molecular weight is 460 g/mol. The topological polar surface area (TPSA) is 62.5 Å². The van der Waals surface area contributed by atoms with Gasteiger partial charge in [-0.3, -0.25) is 4.79 Å². The van der Waals surface area contributed by atoms with Crippen LogP contribution < -0.4 is 10.2 Å². The number of carbonyl (C=O) groups excluding carboxylic acids is 1. The quantitative estimate of drug-likeness (QED) is 0.461. The van der Waals surface area contributed by atoms with E-state index in [1.807, 2.05) is 60.0 Å². The van der Waals surface area contributed by atoms with E-state index in [4.69, 9.17) is 16.7 Å². The van der Waals surface area contributed by atoms with Crippen molar-refractivity contribution in [3.05, 3.63) is 83.0 Å². The summed E-state index contributed by atoms with van der Waals surface area (Å²) in [4.78, 5) is 19.7. The fourth-order valence-electron chi connectivity index (χ4n) is 4.39. The van der Waals surface area contributed by atoms with Gasteiger partial charge in [-0.05, 0) is 31.4 Å². The summed E-state index contributed by atoms with van der Waals surface area (Å²) < 4.78 is 1.92. The molecule has 1 aliphatic heterocycles. The third kappa shape index (κ3) is 4.57. The molecule has 1 saturated heterocycles. The minimum atomic E-state index is -0.000311. The van der Waals surface area contributed by atoms with E-state index in [9.17, 15) is 4.79 Å². The predicted octanol–water partition coefficient (Wildman–Crippen LogP) is 4.89. The van der Waals surface area contributed by atoms with Gasteiger partial charge in [-0.2, -0.15) is 9.61 Å². The monoisotopic (exact) mass is 459 g/mol. The molecule has 1 aliphatic rings. The third-order valence-electron chi connectivity index (χ3n) is 6.21. The molecular weight excluding hydrogens is 434 g/mol. The van der Waals surface area contributed by atoms with Crippen LogP contribution in [0, 0.1) is 12.8 Å². The fraction of sp³-hybridized carbons (Fsp3) is 0.269. The van der Waals surface area contributed by atoms with Gasteiger partial charge < -0.3 is 10.2 Å². The maximum Gasteiger partial charge on any atom is 0.223 e. The fourth-order valence-corrected chi connectivity index (χ4v) is 4.60. The Morgan fingerprint density at radius 3 is 2.55 bits per heavy atom. The average Bonchev–Trinajstić information content (AvgIpc) is 3.27. The molecular formula is C26H26ClN5O. The minimum Gasteiger partial charge on any atom is -0.356 e. The molecule has 0 saturated carbocycles. The number of nitrogens with zero attached hydrogens (tertiary/aromatic N) is 4. The zero-order valence-electron chi connectivity index (χ0n) is 18.5. The Morgan fingerprint density at radius 2 is 1.79 bits per heavy atom. The number of rotatable bonds is 5. The number of aromatic nitrogens is 3. The van der Waals surface area contributed by atoms with E-state index in [2.05, 4.69) is 33.4 Å². The van der Waals surface area contributed by atoms with Gasteiger partial charge in [0.1, 0.15) is 5.82 Å². The smallest absolute Gasteiger partial charge is 0.223 e. The van der Waals surface area contributed by atoms with Gasteiger partial charge >= 0.3 is 0 Å². The molecule has 3 heterocycles. The number of benzene rings is 2. The molecule has 0 bridgehead atoms. The van der Waals surface area contributed by atoms with Crippen LogP contribution in [0.15, 0.2) is 66.7 Å². The summed E-state index contributed by atoms with van der Waals surface area (Å²) in [5, 5.41) is 8.58. The van der Waals surface area contributed by atoms with Crippen LogP contribution in [-0.4, -0.2) is 33.6 Å². The number of halogens is 1. The molecule has 6 nitrogen and oxygen atoms in total. The van der Waals surface area contributed by atoms with E-state index in [1.54, 1.807) is 0 Å². The molecule has 0 unspecified atom stereocenters. The van der Waals surface area contributed by atoms with Gasteiger partial charge in [-0.25, -0.2) is 4.98 Å². The molecule has 0 aliphatic carbocycles. The van der Waals surface area contributed by atoms with Crippen LogP contribution in [0.4, 0.5) is 5.82 Å². The summed E-state index contributed by atoms with van der Waals surface area (Å²) in [6.07, 6.45) is 1.59. The lowest BCUT2D eigenvalue weighted by Gasteiger charge is -2.33. The second-order valence-electron chi connectivity index (χ2n) is 8.49. The van der Waals surface area contributed by atoms with Crippen LogP contribution in [0.3, 0.4) is 0 Å². The molecule has 1 amide bonds. The highest BCUT2D eigenvalue weighted by Crippen LogP contribution is 2.27. The Morgan fingerprint density at radius 1 is 1.06 bits per heavy atom. The van der Waals surface area contributed by atoms with Gasteiger partial charge in [-0.1, -0.05) is 60.1 Å². The van der Waals surface area contributed by atoms with E-state index in [1.165, 1.54) is 0 Å². The van der Waals surface area contributed by atoms with Crippen LogP contribution in [-0.2, 0) is 11.3 Å². The van der Waals surface area contributed by atoms with Gasteiger partial charge in [0.25, 0.3) is 0 Å². The van der Waals surface area contributed by atoms with Crippen molar-refractivity contribution in [1.82, 2.24) is 19.9 Å². The Labute approximate surface area is 198 Å². The summed E-state index contributed by atoms with van der Waals surface area (Å²) >= 11 is 6.21. The van der Waals surface area contributed by atoms with Gasteiger partial charge in [0.2, 0.25) is 5.91 Å². The molecule has 1 fully saturated rings. The van der Waals surface area contributed by atoms with Gasteiger partial charge in [0.15, 0.2) is 5.65 Å². The van der Waals surface area contributed by atoms with Gasteiger partial charge in [0.05, 0.1) is 5.69 Å². The molecule has 4 aromatic rings. The normalized spacial score (nSPS) is 14.5. The third-order valence-corrected chi connectivity index (χ3v) is 6.58. The molecule has 2 aromatic heterocycles. The SMILES string of the molecule is Cc1cc(N2CCC(C(=O)NCc3ccccc3Cl)CC2)n2nc(-c3ccccc3)cc2n1. The largest absolute Gasteiger partial charge is 0.356 e. The second kappa shape index (κ2) is 9.24. The Hall–Kier alpha value is -3.38. The van der Waals surface area contributed by atoms with Crippen molar-refractivity contribution in [3.63, 3.8) is 0 Å². The first kappa shape index (κ1) is 21.5. The van der Waals surface area contributed by atoms with E-state index >= 15 is 0 Å². The maximum atomic E-state index is 12.8. The number of aryl methyl sites for hydroxylation is 1. The van der Waals surface area contributed by atoms with Crippen LogP contribution in [0.1, 0.15) is 24.1 Å². The van der Waals surface area contributed by atoms with E-state index in [0.717, 1.165) is 59.9 Å². The Balaban J connectivity index is 1.28. The highest BCUT2D eigenvalue weighted by Gasteiger charge is 2.26. The van der Waals surface area contributed by atoms with Crippen LogP contribution >= 0.6 is 11.6 Å². The predicted molar refractivity (Wildman–Crippen MR) is 131 cm³/mol. The van der Waals surface area contributed by atoms with Crippen LogP contribution in [0.2, 0.25) is 5.02 Å². The first-order valence-electron chi connectivity index (χ1n) is 11.3. The van der Waals surface area contributed by atoms with Gasteiger partial charge in [-0.15, -0.1) is 0 Å². The second-order valence-corrected chi connectivity index (χ2v) is 8.90. The zero-order chi connectivity index (χ0) is 22.8. The van der Waals surface area contributed by atoms with Gasteiger partial charge in [0, 0.05) is 54.0 Å². The first-order chi connectivity index (χ1) is 16.1. The molecule has 1 N–H and O–H groups in total. The number of piperidine rings is 1. The van der Waals surface area contributed by atoms with Crippen molar-refractivity contribution >= 4 is 29.0 Å². The maximum absolute atomic E-state index is 12.8. The first-order valence-corrected chi connectivity index (χ1v) is 11.7. The number of fused-ring (bicyclic) bond motifs is 1. The summed E-state index contributed by atoms with van der Waals surface area (Å²) in [6.45, 7) is 4.05. The molecule has 0 spiro atoms. The lowest BCUT2D eigenvalue weighted by atomic mass is 9.95. The van der Waals surface area contributed by atoms with Crippen LogP contribution in [0.25, 0.3) is 16.9 Å². The lowest BCUT2D eigenvalue weighted by molar-refractivity contribution is -0.125. The minimum absolute atomic E-state index is 0.000311. The molecule has 0 atom stereocenters. The van der Waals surface area contributed by atoms with Crippen molar-refractivity contribution < 1.29 is 4.79 Å². The van der Waals surface area contributed by atoms with E-state index in [0.29, 0.717) is 11.6 Å². The molecule has 168 valence electrons. The summed E-state index contributed by atoms with van der Waals surface area (Å²) in [7, 11) is 0. The molecule has 33 heavy (non-hydrogen) atoms. The summed E-state index contributed by atoms with van der Waals surface area (Å²) in [6, 6.07) is 21.9. The highest BCUT2D eigenvalue weighted by molar-refractivity contribution is 6.31. The summed E-state index contributed by atoms with van der Waals surface area (Å²) in [5.41, 5.74) is 4.71. The standard InChI is InChI=1S/C26H26ClN5O/c1-18-15-25(32-24(29-18)16-23(30-32)19-7-3-2-4-8-19)31-13-11-20(12-14-31)26(33)28-17-21-9-5-6-10-22(21)27/h2-10,15-16,20H,11-14,17H2,1H3,(H,28,33). The molecule has 5 rings (SSSR count). The van der Waals surface area contributed by atoms with Crippen molar-refractivity contribution in [2.75, 3.05) is 18.0 Å². The number of hydrogen-bond donors (Lipinski definition) is 1. The number of anilines is 1. The van der Waals surface area contributed by atoms with Crippen molar-refractivity contribution in [1.29, 1.82) is 0 Å². The van der Waals surface area contributed by atoms with Crippen molar-refractivity contribution in [2.45, 2.75) is 26.3 Å². The van der Waals surface area contributed by atoms with Crippen LogP contribution in [0.5, 0.6) is 0 Å². The van der Waals surface area contributed by atoms with Crippen molar-refractivity contribution in [3.8, 4) is 11.3 Å².